The number of halogens is 3. The number of amides is 1. The molecule has 0 bridgehead atoms. The first-order chi connectivity index (χ1) is 9.36. The van der Waals surface area contributed by atoms with Crippen LogP contribution in [-0.2, 0) is 4.79 Å². The summed E-state index contributed by atoms with van der Waals surface area (Å²) in [5.74, 6) is -2.43. The van der Waals surface area contributed by atoms with Gasteiger partial charge in [0.15, 0.2) is 0 Å². The van der Waals surface area contributed by atoms with Crippen LogP contribution in [0.15, 0.2) is 24.3 Å². The summed E-state index contributed by atoms with van der Waals surface area (Å²) in [6.07, 6.45) is -3.42. The van der Waals surface area contributed by atoms with Crippen LogP contribution in [0.1, 0.15) is 25.7 Å². The molecule has 110 valence electrons. The fourth-order valence-corrected chi connectivity index (χ4v) is 2.55. The maximum atomic E-state index is 12.7. The van der Waals surface area contributed by atoms with E-state index in [4.69, 9.17) is 0 Å². The Morgan fingerprint density at radius 3 is 2.70 bits per heavy atom. The van der Waals surface area contributed by atoms with Gasteiger partial charge in [-0.3, -0.25) is 4.79 Å². The lowest BCUT2D eigenvalue weighted by Gasteiger charge is -2.29. The number of carbonyl (C=O) groups is 1. The van der Waals surface area contributed by atoms with Gasteiger partial charge in [-0.15, -0.1) is 0 Å². The van der Waals surface area contributed by atoms with Crippen LogP contribution >= 0.6 is 0 Å². The van der Waals surface area contributed by atoms with E-state index in [9.17, 15) is 23.1 Å². The molecule has 1 fully saturated rings. The third kappa shape index (κ3) is 3.65. The highest BCUT2D eigenvalue weighted by atomic mass is 19.4. The molecule has 1 aromatic carbocycles. The van der Waals surface area contributed by atoms with Gasteiger partial charge in [0, 0.05) is 17.7 Å². The van der Waals surface area contributed by atoms with Crippen molar-refractivity contribution in [1.82, 2.24) is 0 Å². The van der Waals surface area contributed by atoms with Gasteiger partial charge in [0.25, 0.3) is 0 Å². The molecule has 0 aliphatic heterocycles. The molecule has 0 radical (unpaired) electrons. The minimum absolute atomic E-state index is 0.000359. The van der Waals surface area contributed by atoms with Crippen molar-refractivity contribution >= 4 is 11.6 Å². The highest BCUT2D eigenvalue weighted by Gasteiger charge is 2.43. The normalized spacial score (nSPS) is 23.4. The second kappa shape index (κ2) is 5.73. The first kappa shape index (κ1) is 14.7. The molecule has 2 rings (SSSR count). The summed E-state index contributed by atoms with van der Waals surface area (Å²) in [6, 6.07) is 5.96. The minimum atomic E-state index is -4.23. The molecule has 2 N–H and O–H groups in total. The molecule has 2 unspecified atom stereocenters. The second-order valence-electron chi connectivity index (χ2n) is 5.14. The molecule has 1 aliphatic rings. The van der Waals surface area contributed by atoms with Gasteiger partial charge in [-0.25, -0.2) is 0 Å². The Kier molecular flexibility index (Phi) is 4.20. The third-order valence-electron chi connectivity index (χ3n) is 3.62. The average molecular weight is 287 g/mol. The third-order valence-corrected chi connectivity index (χ3v) is 3.62. The first-order valence-corrected chi connectivity index (χ1v) is 6.53. The molecule has 2 atom stereocenters. The van der Waals surface area contributed by atoms with Gasteiger partial charge in [-0.1, -0.05) is 12.5 Å². The second-order valence-corrected chi connectivity index (χ2v) is 5.14. The zero-order valence-corrected chi connectivity index (χ0v) is 10.8. The van der Waals surface area contributed by atoms with Crippen LogP contribution < -0.4 is 5.32 Å². The Hall–Kier alpha value is -1.72. The van der Waals surface area contributed by atoms with Crippen LogP contribution in [-0.4, -0.2) is 17.2 Å². The van der Waals surface area contributed by atoms with Crippen molar-refractivity contribution in [3.05, 3.63) is 24.3 Å². The Labute approximate surface area is 114 Å². The van der Waals surface area contributed by atoms with Crippen molar-refractivity contribution in [1.29, 1.82) is 0 Å². The van der Waals surface area contributed by atoms with Crippen LogP contribution in [0, 0.1) is 11.8 Å². The number of carbonyl (C=O) groups excluding carboxylic acids is 1. The van der Waals surface area contributed by atoms with Crippen molar-refractivity contribution < 1.29 is 23.1 Å². The average Bonchev–Trinajstić information content (AvgIpc) is 2.38. The van der Waals surface area contributed by atoms with Crippen molar-refractivity contribution in [2.75, 3.05) is 5.32 Å². The molecule has 6 heteroatoms. The molecule has 0 heterocycles. The van der Waals surface area contributed by atoms with E-state index in [0.717, 1.165) is 0 Å². The number of nitrogens with one attached hydrogen (secondary N) is 1. The largest absolute Gasteiger partial charge is 0.508 e. The number of aromatic hydroxyl groups is 1. The molecule has 1 saturated carbocycles. The quantitative estimate of drug-likeness (QED) is 0.871. The van der Waals surface area contributed by atoms with Crippen LogP contribution in [0.25, 0.3) is 0 Å². The van der Waals surface area contributed by atoms with E-state index in [1.165, 1.54) is 12.1 Å². The number of rotatable bonds is 2. The Morgan fingerprint density at radius 1 is 1.30 bits per heavy atom. The first-order valence-electron chi connectivity index (χ1n) is 6.53. The summed E-state index contributed by atoms with van der Waals surface area (Å²) in [7, 11) is 0. The van der Waals surface area contributed by atoms with E-state index in [1.54, 1.807) is 12.1 Å². The monoisotopic (exact) mass is 287 g/mol. The Morgan fingerprint density at radius 2 is 2.05 bits per heavy atom. The maximum Gasteiger partial charge on any atom is 0.391 e. The summed E-state index contributed by atoms with van der Waals surface area (Å²) in [4.78, 5) is 12.0. The van der Waals surface area contributed by atoms with Crippen molar-refractivity contribution in [2.45, 2.75) is 31.9 Å². The molecule has 20 heavy (non-hydrogen) atoms. The zero-order valence-electron chi connectivity index (χ0n) is 10.8. The molecular weight excluding hydrogens is 271 g/mol. The lowest BCUT2D eigenvalue weighted by molar-refractivity contribution is -0.185. The van der Waals surface area contributed by atoms with Gasteiger partial charge in [-0.2, -0.15) is 13.2 Å². The van der Waals surface area contributed by atoms with E-state index in [0.29, 0.717) is 18.5 Å². The molecule has 0 aromatic heterocycles. The number of hydrogen-bond donors (Lipinski definition) is 2. The molecule has 3 nitrogen and oxygen atoms in total. The fourth-order valence-electron chi connectivity index (χ4n) is 2.55. The van der Waals surface area contributed by atoms with E-state index in [-0.39, 0.29) is 18.6 Å². The molecule has 0 saturated heterocycles. The number of phenols is 1. The van der Waals surface area contributed by atoms with Crippen molar-refractivity contribution in [2.24, 2.45) is 11.8 Å². The predicted molar refractivity (Wildman–Crippen MR) is 68.2 cm³/mol. The number of benzene rings is 1. The van der Waals surface area contributed by atoms with Crippen molar-refractivity contribution in [3.8, 4) is 5.75 Å². The van der Waals surface area contributed by atoms with Crippen LogP contribution in [0.2, 0.25) is 0 Å². The summed E-state index contributed by atoms with van der Waals surface area (Å²) in [5.41, 5.74) is 0.393. The van der Waals surface area contributed by atoms with Crippen LogP contribution in [0.4, 0.5) is 18.9 Å². The SMILES string of the molecule is O=C(Nc1cccc(O)c1)C1CCCC(C(F)(F)F)C1. The molecule has 1 amide bonds. The van der Waals surface area contributed by atoms with E-state index < -0.39 is 23.9 Å². The Bertz CT molecular complexity index is 488. The van der Waals surface area contributed by atoms with Gasteiger partial charge in [0.2, 0.25) is 5.91 Å². The maximum absolute atomic E-state index is 12.7. The molecule has 1 aliphatic carbocycles. The van der Waals surface area contributed by atoms with Gasteiger partial charge in [0.05, 0.1) is 5.92 Å². The standard InChI is InChI=1S/C14H16F3NO2/c15-14(16,17)10-4-1-3-9(7-10)13(20)18-11-5-2-6-12(19)8-11/h2,5-6,8-10,19H,1,3-4,7H2,(H,18,20). The number of anilines is 1. The van der Waals surface area contributed by atoms with Gasteiger partial charge in [-0.05, 0) is 31.4 Å². The molecule has 1 aromatic rings. The lowest BCUT2D eigenvalue weighted by Crippen LogP contribution is -2.34. The van der Waals surface area contributed by atoms with Crippen LogP contribution in [0.3, 0.4) is 0 Å². The number of phenolic OH excluding ortho intramolecular Hbond substituents is 1. The summed E-state index contributed by atoms with van der Waals surface area (Å²) < 4.78 is 38.1. The smallest absolute Gasteiger partial charge is 0.391 e. The number of alkyl halides is 3. The molecule has 0 spiro atoms. The van der Waals surface area contributed by atoms with Crippen molar-refractivity contribution in [3.63, 3.8) is 0 Å². The van der Waals surface area contributed by atoms with E-state index in [2.05, 4.69) is 5.32 Å². The molecular formula is C14H16F3NO2. The van der Waals surface area contributed by atoms with Gasteiger partial charge in [0.1, 0.15) is 5.75 Å². The lowest BCUT2D eigenvalue weighted by atomic mass is 9.80. The number of hydrogen-bond acceptors (Lipinski definition) is 2. The van der Waals surface area contributed by atoms with Crippen LogP contribution in [0.5, 0.6) is 5.75 Å². The highest BCUT2D eigenvalue weighted by Crippen LogP contribution is 2.40. The summed E-state index contributed by atoms with van der Waals surface area (Å²) in [5, 5.41) is 11.8. The topological polar surface area (TPSA) is 49.3 Å². The summed E-state index contributed by atoms with van der Waals surface area (Å²) in [6.45, 7) is 0. The van der Waals surface area contributed by atoms with Gasteiger partial charge < -0.3 is 10.4 Å². The minimum Gasteiger partial charge on any atom is -0.508 e. The highest BCUT2D eigenvalue weighted by molar-refractivity contribution is 5.92. The zero-order chi connectivity index (χ0) is 14.8. The van der Waals surface area contributed by atoms with E-state index in [1.807, 2.05) is 0 Å². The fraction of sp³-hybridized carbons (Fsp3) is 0.500. The summed E-state index contributed by atoms with van der Waals surface area (Å²) >= 11 is 0. The van der Waals surface area contributed by atoms with E-state index >= 15 is 0 Å². The van der Waals surface area contributed by atoms with Gasteiger partial charge >= 0.3 is 6.18 Å². The Balaban J connectivity index is 1.99. The predicted octanol–water partition coefficient (Wildman–Crippen LogP) is 3.70.